The van der Waals surface area contributed by atoms with E-state index in [1.165, 1.54) is 15.7 Å². The number of anilines is 1. The predicted octanol–water partition coefficient (Wildman–Crippen LogP) is 2.87. The van der Waals surface area contributed by atoms with Gasteiger partial charge in [0.15, 0.2) is 0 Å². The SMILES string of the molecule is CC(Nc1nc2sccn2c1[N+](=O)[O-])c1cccnc1. The van der Waals surface area contributed by atoms with Crippen molar-refractivity contribution in [2.75, 3.05) is 5.32 Å². The maximum Gasteiger partial charge on any atom is 0.372 e. The Labute approximate surface area is 118 Å². The lowest BCUT2D eigenvalue weighted by atomic mass is 10.1. The van der Waals surface area contributed by atoms with E-state index in [1.54, 1.807) is 24.0 Å². The topological polar surface area (TPSA) is 85.4 Å². The van der Waals surface area contributed by atoms with E-state index in [0.29, 0.717) is 4.96 Å². The number of nitro groups is 1. The maximum atomic E-state index is 11.2. The molecule has 3 aromatic heterocycles. The van der Waals surface area contributed by atoms with Gasteiger partial charge >= 0.3 is 5.82 Å². The Kier molecular flexibility index (Phi) is 3.07. The number of fused-ring (bicyclic) bond motifs is 1. The number of nitrogens with zero attached hydrogens (tertiary/aromatic N) is 4. The van der Waals surface area contributed by atoms with Crippen LogP contribution < -0.4 is 5.32 Å². The van der Waals surface area contributed by atoms with Gasteiger partial charge in [-0.25, -0.2) is 0 Å². The number of nitrogens with one attached hydrogen (secondary N) is 1. The highest BCUT2D eigenvalue weighted by Gasteiger charge is 2.24. The third kappa shape index (κ3) is 2.10. The first-order valence-electron chi connectivity index (χ1n) is 5.93. The van der Waals surface area contributed by atoms with Crippen LogP contribution in [-0.4, -0.2) is 19.3 Å². The lowest BCUT2D eigenvalue weighted by Crippen LogP contribution is -2.09. The predicted molar refractivity (Wildman–Crippen MR) is 76.0 cm³/mol. The van der Waals surface area contributed by atoms with E-state index in [1.807, 2.05) is 19.1 Å². The van der Waals surface area contributed by atoms with Gasteiger partial charge in [-0.1, -0.05) is 17.4 Å². The summed E-state index contributed by atoms with van der Waals surface area (Å²) in [6.07, 6.45) is 5.05. The Morgan fingerprint density at radius 1 is 1.55 bits per heavy atom. The second-order valence-corrected chi connectivity index (χ2v) is 5.12. The Balaban J connectivity index is 1.96. The summed E-state index contributed by atoms with van der Waals surface area (Å²) in [5.41, 5.74) is 0.943. The quantitative estimate of drug-likeness (QED) is 0.589. The molecular weight excluding hydrogens is 278 g/mol. The van der Waals surface area contributed by atoms with Gasteiger partial charge in [-0.15, -0.1) is 0 Å². The number of hydrogen-bond donors (Lipinski definition) is 1. The van der Waals surface area contributed by atoms with E-state index in [4.69, 9.17) is 0 Å². The zero-order chi connectivity index (χ0) is 14.1. The highest BCUT2D eigenvalue weighted by Crippen LogP contribution is 2.30. The zero-order valence-electron chi connectivity index (χ0n) is 10.6. The van der Waals surface area contributed by atoms with Gasteiger partial charge in [-0.05, 0) is 23.5 Å². The molecule has 3 rings (SSSR count). The zero-order valence-corrected chi connectivity index (χ0v) is 11.4. The van der Waals surface area contributed by atoms with Crippen LogP contribution in [0.4, 0.5) is 11.6 Å². The first kappa shape index (κ1) is 12.5. The fourth-order valence-corrected chi connectivity index (χ4v) is 2.67. The summed E-state index contributed by atoms with van der Waals surface area (Å²) in [4.78, 5) is 19.7. The minimum Gasteiger partial charge on any atom is -0.358 e. The molecule has 7 nitrogen and oxygen atoms in total. The summed E-state index contributed by atoms with van der Waals surface area (Å²) < 4.78 is 1.48. The number of thiazole rings is 1. The largest absolute Gasteiger partial charge is 0.372 e. The highest BCUT2D eigenvalue weighted by molar-refractivity contribution is 7.15. The fourth-order valence-electron chi connectivity index (χ4n) is 1.97. The normalized spacial score (nSPS) is 12.4. The molecule has 0 saturated heterocycles. The molecule has 3 aromatic rings. The van der Waals surface area contributed by atoms with Crippen LogP contribution in [0.3, 0.4) is 0 Å². The van der Waals surface area contributed by atoms with Crippen molar-refractivity contribution in [1.29, 1.82) is 0 Å². The van der Waals surface area contributed by atoms with Crippen LogP contribution in [0.2, 0.25) is 0 Å². The first-order valence-corrected chi connectivity index (χ1v) is 6.81. The number of aromatic nitrogens is 3. The second-order valence-electron chi connectivity index (χ2n) is 4.25. The average Bonchev–Trinajstić information content (AvgIpc) is 2.99. The summed E-state index contributed by atoms with van der Waals surface area (Å²) in [7, 11) is 0. The van der Waals surface area contributed by atoms with Crippen molar-refractivity contribution < 1.29 is 4.92 Å². The number of hydrogen-bond acceptors (Lipinski definition) is 6. The van der Waals surface area contributed by atoms with Gasteiger partial charge in [-0.2, -0.15) is 9.38 Å². The van der Waals surface area contributed by atoms with Gasteiger partial charge in [0.2, 0.25) is 5.82 Å². The van der Waals surface area contributed by atoms with E-state index in [0.717, 1.165) is 5.56 Å². The lowest BCUT2D eigenvalue weighted by Gasteiger charge is -2.12. The van der Waals surface area contributed by atoms with E-state index in [2.05, 4.69) is 15.3 Å². The van der Waals surface area contributed by atoms with E-state index in [9.17, 15) is 10.1 Å². The average molecular weight is 289 g/mol. The van der Waals surface area contributed by atoms with Gasteiger partial charge in [0, 0.05) is 17.8 Å². The minimum atomic E-state index is -0.426. The molecule has 3 heterocycles. The molecular formula is C12H11N5O2S. The summed E-state index contributed by atoms with van der Waals surface area (Å²) in [5.74, 6) is 0.232. The molecule has 20 heavy (non-hydrogen) atoms. The molecule has 0 aliphatic heterocycles. The van der Waals surface area contributed by atoms with Crippen LogP contribution in [0.5, 0.6) is 0 Å². The first-order chi connectivity index (χ1) is 9.66. The molecule has 0 bridgehead atoms. The third-order valence-corrected chi connectivity index (χ3v) is 3.70. The molecule has 0 saturated carbocycles. The van der Waals surface area contributed by atoms with Crippen LogP contribution >= 0.6 is 11.3 Å². The van der Waals surface area contributed by atoms with E-state index in [-0.39, 0.29) is 17.7 Å². The molecule has 0 aliphatic rings. The molecule has 1 unspecified atom stereocenters. The second kappa shape index (κ2) is 4.89. The Bertz CT molecular complexity index is 752. The molecule has 102 valence electrons. The van der Waals surface area contributed by atoms with Crippen molar-refractivity contribution in [2.24, 2.45) is 0 Å². The monoisotopic (exact) mass is 289 g/mol. The van der Waals surface area contributed by atoms with Crippen molar-refractivity contribution in [3.63, 3.8) is 0 Å². The number of rotatable bonds is 4. The highest BCUT2D eigenvalue weighted by atomic mass is 32.1. The molecule has 1 N–H and O–H groups in total. The van der Waals surface area contributed by atoms with Crippen molar-refractivity contribution in [3.05, 3.63) is 51.8 Å². The van der Waals surface area contributed by atoms with Crippen LogP contribution in [0.25, 0.3) is 4.96 Å². The van der Waals surface area contributed by atoms with Gasteiger partial charge in [0.05, 0.1) is 6.04 Å². The summed E-state index contributed by atoms with van der Waals surface area (Å²) in [5, 5.41) is 16.1. The Morgan fingerprint density at radius 2 is 2.40 bits per heavy atom. The molecule has 0 fully saturated rings. The van der Waals surface area contributed by atoms with Crippen LogP contribution in [0.15, 0.2) is 36.1 Å². The van der Waals surface area contributed by atoms with Gasteiger partial charge in [-0.3, -0.25) is 4.98 Å². The van der Waals surface area contributed by atoms with Gasteiger partial charge in [0.1, 0.15) is 6.20 Å². The third-order valence-electron chi connectivity index (χ3n) is 2.95. The number of pyridine rings is 1. The van der Waals surface area contributed by atoms with Crippen LogP contribution in [0.1, 0.15) is 18.5 Å². The van der Waals surface area contributed by atoms with Gasteiger partial charge < -0.3 is 15.4 Å². The standard InChI is InChI=1S/C12H11N5O2S/c1-8(9-3-2-4-13-7-9)14-10-11(17(18)19)16-5-6-20-12(16)15-10/h2-8,14H,1H3. The fraction of sp³-hybridized carbons (Fsp3) is 0.167. The van der Waals surface area contributed by atoms with Gasteiger partial charge in [0.25, 0.3) is 4.96 Å². The molecule has 8 heteroatoms. The van der Waals surface area contributed by atoms with Crippen molar-refractivity contribution in [1.82, 2.24) is 14.4 Å². The smallest absolute Gasteiger partial charge is 0.358 e. The van der Waals surface area contributed by atoms with Crippen LogP contribution in [0, 0.1) is 10.1 Å². The Morgan fingerprint density at radius 3 is 3.10 bits per heavy atom. The van der Waals surface area contributed by atoms with Crippen molar-refractivity contribution in [3.8, 4) is 0 Å². The molecule has 1 atom stereocenters. The summed E-state index contributed by atoms with van der Waals surface area (Å²) in [6.45, 7) is 1.91. The molecule has 0 spiro atoms. The summed E-state index contributed by atoms with van der Waals surface area (Å²) >= 11 is 1.36. The molecule has 0 radical (unpaired) electrons. The van der Waals surface area contributed by atoms with E-state index >= 15 is 0 Å². The molecule has 0 aromatic carbocycles. The number of imidazole rings is 1. The lowest BCUT2D eigenvalue weighted by molar-refractivity contribution is -0.389. The summed E-state index contributed by atoms with van der Waals surface area (Å²) in [6, 6.07) is 3.62. The van der Waals surface area contributed by atoms with Crippen molar-refractivity contribution >= 4 is 27.9 Å². The molecule has 0 amide bonds. The molecule has 0 aliphatic carbocycles. The maximum absolute atomic E-state index is 11.2. The van der Waals surface area contributed by atoms with E-state index < -0.39 is 4.92 Å². The van der Waals surface area contributed by atoms with Crippen molar-refractivity contribution in [2.45, 2.75) is 13.0 Å². The Hall–Kier alpha value is -2.48. The van der Waals surface area contributed by atoms with Crippen LogP contribution in [-0.2, 0) is 0 Å². The minimum absolute atomic E-state index is 0.0445.